The molecule has 0 fully saturated rings. The highest BCUT2D eigenvalue weighted by atomic mass is 32.1. The van der Waals surface area contributed by atoms with Gasteiger partial charge in [0.1, 0.15) is 10.6 Å². The number of hydrogen-bond acceptors (Lipinski definition) is 4. The molecule has 0 aliphatic rings. The quantitative estimate of drug-likeness (QED) is 0.371. The lowest BCUT2D eigenvalue weighted by Crippen LogP contribution is -2.16. The Kier molecular flexibility index (Phi) is 6.18. The van der Waals surface area contributed by atoms with Crippen LogP contribution in [0.4, 0.5) is 5.00 Å². The van der Waals surface area contributed by atoms with E-state index in [2.05, 4.69) is 16.0 Å². The van der Waals surface area contributed by atoms with E-state index in [9.17, 15) is 9.59 Å². The van der Waals surface area contributed by atoms with Crippen molar-refractivity contribution in [1.29, 1.82) is 0 Å². The fourth-order valence-electron chi connectivity index (χ4n) is 3.73. The third kappa shape index (κ3) is 4.39. The number of nitrogens with zero attached hydrogens (tertiary/aromatic N) is 1. The zero-order valence-corrected chi connectivity index (χ0v) is 18.4. The molecule has 5 nitrogen and oxygen atoms in total. The van der Waals surface area contributed by atoms with Crippen molar-refractivity contribution in [3.8, 4) is 11.1 Å². The fraction of sp³-hybridized carbons (Fsp3) is 0.200. The number of benzene rings is 2. The van der Waals surface area contributed by atoms with Gasteiger partial charge in [-0.3, -0.25) is 4.79 Å². The lowest BCUT2D eigenvalue weighted by Gasteiger charge is -2.10. The molecule has 2 aromatic heterocycles. The Morgan fingerprint density at radius 3 is 2.55 bits per heavy atom. The second kappa shape index (κ2) is 9.18. The van der Waals surface area contributed by atoms with E-state index in [-0.39, 0.29) is 12.5 Å². The summed E-state index contributed by atoms with van der Waals surface area (Å²) in [7, 11) is 0. The Bertz CT molecular complexity index is 1220. The third-order valence-electron chi connectivity index (χ3n) is 5.14. The molecule has 4 rings (SSSR count). The van der Waals surface area contributed by atoms with Crippen LogP contribution >= 0.6 is 11.3 Å². The highest BCUT2D eigenvalue weighted by Crippen LogP contribution is 2.40. The van der Waals surface area contributed by atoms with E-state index in [1.165, 1.54) is 11.3 Å². The number of amides is 1. The van der Waals surface area contributed by atoms with Crippen LogP contribution in [0.25, 0.3) is 22.0 Å². The van der Waals surface area contributed by atoms with Gasteiger partial charge in [0.2, 0.25) is 5.91 Å². The molecule has 158 valence electrons. The van der Waals surface area contributed by atoms with Crippen LogP contribution in [0.3, 0.4) is 0 Å². The number of para-hydroxylation sites is 1. The van der Waals surface area contributed by atoms with E-state index in [1.54, 1.807) is 6.92 Å². The molecule has 0 atom stereocenters. The summed E-state index contributed by atoms with van der Waals surface area (Å²) in [5.74, 6) is -0.554. The Balaban J connectivity index is 1.57. The molecule has 0 saturated heterocycles. The molecule has 31 heavy (non-hydrogen) atoms. The molecule has 4 aromatic rings. The molecule has 2 aromatic carbocycles. The molecule has 0 bridgehead atoms. The van der Waals surface area contributed by atoms with Gasteiger partial charge in [0.25, 0.3) is 0 Å². The predicted octanol–water partition coefficient (Wildman–Crippen LogP) is 5.88. The maximum atomic E-state index is 12.8. The minimum atomic E-state index is -0.419. The zero-order valence-electron chi connectivity index (χ0n) is 17.6. The van der Waals surface area contributed by atoms with Gasteiger partial charge in [-0.15, -0.1) is 11.3 Å². The van der Waals surface area contributed by atoms with Crippen LogP contribution < -0.4 is 5.32 Å². The molecule has 1 N–H and O–H groups in total. The van der Waals surface area contributed by atoms with Crippen molar-refractivity contribution in [2.45, 2.75) is 26.8 Å². The number of fused-ring (bicyclic) bond motifs is 1. The topological polar surface area (TPSA) is 60.3 Å². The maximum absolute atomic E-state index is 12.8. The molecule has 0 saturated carbocycles. The van der Waals surface area contributed by atoms with Crippen molar-refractivity contribution < 1.29 is 14.3 Å². The number of thiophene rings is 1. The summed E-state index contributed by atoms with van der Waals surface area (Å²) < 4.78 is 7.37. The molecule has 0 aliphatic carbocycles. The molecule has 2 heterocycles. The predicted molar refractivity (Wildman–Crippen MR) is 126 cm³/mol. The smallest absolute Gasteiger partial charge is 0.341 e. The average molecular weight is 433 g/mol. The highest BCUT2D eigenvalue weighted by Gasteiger charge is 2.25. The van der Waals surface area contributed by atoms with Crippen LogP contribution in [0.5, 0.6) is 0 Å². The van der Waals surface area contributed by atoms with Crippen LogP contribution in [0.1, 0.15) is 28.6 Å². The Hall–Kier alpha value is -3.38. The minimum absolute atomic E-state index is 0.135. The standard InChI is InChI=1S/C25H24N2O3S/c1-3-30-25(29)23-22(19-10-5-4-6-11-19)17(2)31-24(23)26-21(28)14-16-27-15-13-18-9-7-8-12-20(18)27/h4-13,15H,3,14,16H2,1-2H3,(H,26,28). The lowest BCUT2D eigenvalue weighted by molar-refractivity contribution is -0.116. The number of aromatic nitrogens is 1. The number of nitrogens with one attached hydrogen (secondary N) is 1. The molecule has 0 aliphatic heterocycles. The number of ether oxygens (including phenoxy) is 1. The first-order chi connectivity index (χ1) is 15.1. The SMILES string of the molecule is CCOC(=O)c1c(NC(=O)CCn2ccc3ccccc32)sc(C)c1-c1ccccc1. The van der Waals surface area contributed by atoms with Gasteiger partial charge in [-0.1, -0.05) is 48.5 Å². The summed E-state index contributed by atoms with van der Waals surface area (Å²) in [6, 6.07) is 19.8. The normalized spacial score (nSPS) is 10.9. The van der Waals surface area contributed by atoms with Crippen LogP contribution in [0.15, 0.2) is 66.9 Å². The summed E-state index contributed by atoms with van der Waals surface area (Å²) in [5, 5.41) is 4.64. The van der Waals surface area contributed by atoms with Gasteiger partial charge in [-0.05, 0) is 36.9 Å². The van der Waals surface area contributed by atoms with Crippen LogP contribution in [-0.2, 0) is 16.1 Å². The van der Waals surface area contributed by atoms with Crippen molar-refractivity contribution in [1.82, 2.24) is 4.57 Å². The Morgan fingerprint density at radius 1 is 1.03 bits per heavy atom. The first kappa shape index (κ1) is 20.9. The van der Waals surface area contributed by atoms with Crippen molar-refractivity contribution in [2.75, 3.05) is 11.9 Å². The molecule has 0 radical (unpaired) electrons. The maximum Gasteiger partial charge on any atom is 0.341 e. The van der Waals surface area contributed by atoms with Crippen molar-refractivity contribution in [3.05, 3.63) is 77.3 Å². The summed E-state index contributed by atoms with van der Waals surface area (Å²) in [6.45, 7) is 4.57. The fourth-order valence-corrected chi connectivity index (χ4v) is 4.81. The van der Waals surface area contributed by atoms with Gasteiger partial charge in [0.05, 0.1) is 6.61 Å². The van der Waals surface area contributed by atoms with E-state index in [1.807, 2.05) is 67.7 Å². The number of esters is 1. The largest absolute Gasteiger partial charge is 0.462 e. The molecular formula is C25H24N2O3S. The van der Waals surface area contributed by atoms with Crippen molar-refractivity contribution >= 4 is 39.1 Å². The highest BCUT2D eigenvalue weighted by molar-refractivity contribution is 7.17. The van der Waals surface area contributed by atoms with Crippen LogP contribution in [-0.4, -0.2) is 23.1 Å². The summed E-state index contributed by atoms with van der Waals surface area (Å²) in [6.07, 6.45) is 2.29. The summed E-state index contributed by atoms with van der Waals surface area (Å²) in [5.41, 5.74) is 3.27. The summed E-state index contributed by atoms with van der Waals surface area (Å²) >= 11 is 1.40. The van der Waals surface area contributed by atoms with Gasteiger partial charge in [0.15, 0.2) is 0 Å². The van der Waals surface area contributed by atoms with Crippen molar-refractivity contribution in [2.24, 2.45) is 0 Å². The first-order valence-electron chi connectivity index (χ1n) is 10.3. The second-order valence-electron chi connectivity index (χ2n) is 7.19. The first-order valence-corrected chi connectivity index (χ1v) is 11.1. The van der Waals surface area contributed by atoms with E-state index in [0.29, 0.717) is 23.5 Å². The Morgan fingerprint density at radius 2 is 1.77 bits per heavy atom. The van der Waals surface area contributed by atoms with E-state index in [0.717, 1.165) is 26.9 Å². The van der Waals surface area contributed by atoms with Gasteiger partial charge in [0, 0.05) is 35.1 Å². The monoisotopic (exact) mass is 432 g/mol. The number of carbonyl (C=O) groups excluding carboxylic acids is 2. The van der Waals surface area contributed by atoms with Gasteiger partial charge >= 0.3 is 5.97 Å². The van der Waals surface area contributed by atoms with Gasteiger partial charge in [-0.25, -0.2) is 4.79 Å². The molecule has 0 spiro atoms. The molecular weight excluding hydrogens is 408 g/mol. The van der Waals surface area contributed by atoms with E-state index >= 15 is 0 Å². The lowest BCUT2D eigenvalue weighted by atomic mass is 10.0. The second-order valence-corrected chi connectivity index (χ2v) is 8.41. The van der Waals surface area contributed by atoms with E-state index in [4.69, 9.17) is 4.74 Å². The number of hydrogen-bond donors (Lipinski definition) is 1. The average Bonchev–Trinajstić information content (AvgIpc) is 3.33. The third-order valence-corrected chi connectivity index (χ3v) is 6.16. The zero-order chi connectivity index (χ0) is 21.8. The number of anilines is 1. The minimum Gasteiger partial charge on any atom is -0.462 e. The Labute approximate surface area is 185 Å². The summed E-state index contributed by atoms with van der Waals surface area (Å²) in [4.78, 5) is 26.5. The van der Waals surface area contributed by atoms with Crippen LogP contribution in [0.2, 0.25) is 0 Å². The van der Waals surface area contributed by atoms with Gasteiger partial charge < -0.3 is 14.6 Å². The van der Waals surface area contributed by atoms with Gasteiger partial charge in [-0.2, -0.15) is 0 Å². The number of carbonyl (C=O) groups is 2. The van der Waals surface area contributed by atoms with Crippen LogP contribution in [0, 0.1) is 6.92 Å². The molecule has 6 heteroatoms. The van der Waals surface area contributed by atoms with E-state index < -0.39 is 5.97 Å². The number of rotatable bonds is 7. The van der Waals surface area contributed by atoms with Crippen molar-refractivity contribution in [3.63, 3.8) is 0 Å². The number of aryl methyl sites for hydroxylation is 2. The molecule has 1 amide bonds. The molecule has 0 unspecified atom stereocenters.